The fourth-order valence-electron chi connectivity index (χ4n) is 2.88. The van der Waals surface area contributed by atoms with E-state index in [1.165, 1.54) is 6.08 Å². The Labute approximate surface area is 185 Å². The Bertz CT molecular complexity index is 1150. The molecule has 0 atom stereocenters. The van der Waals surface area contributed by atoms with Crippen LogP contribution in [0.1, 0.15) is 28.6 Å². The maximum atomic E-state index is 12.4. The lowest BCUT2D eigenvalue weighted by atomic mass is 10.1. The average molecular weight is 430 g/mol. The quantitative estimate of drug-likeness (QED) is 0.324. The van der Waals surface area contributed by atoms with E-state index >= 15 is 0 Å². The number of carbonyl (C=O) groups is 2. The van der Waals surface area contributed by atoms with E-state index in [0.717, 1.165) is 16.9 Å². The van der Waals surface area contributed by atoms with Gasteiger partial charge in [-0.3, -0.25) is 4.79 Å². The maximum absolute atomic E-state index is 12.4. The minimum absolute atomic E-state index is 0.0722. The van der Waals surface area contributed by atoms with E-state index in [2.05, 4.69) is 5.32 Å². The third-order valence-electron chi connectivity index (χ3n) is 4.57. The first-order chi connectivity index (χ1) is 15.5. The molecule has 0 saturated heterocycles. The van der Waals surface area contributed by atoms with Crippen LogP contribution < -0.4 is 10.1 Å². The molecule has 32 heavy (non-hydrogen) atoms. The summed E-state index contributed by atoms with van der Waals surface area (Å²) < 4.78 is 15.8. The number of rotatable bonds is 8. The Morgan fingerprint density at radius 2 is 1.78 bits per heavy atom. The molecule has 0 radical (unpaired) electrons. The van der Waals surface area contributed by atoms with E-state index in [1.807, 2.05) is 18.2 Å². The molecular weight excluding hydrogens is 408 g/mol. The fraction of sp³-hybridized carbons (Fsp3) is 0.160. The summed E-state index contributed by atoms with van der Waals surface area (Å²) in [6.45, 7) is 2.33. The predicted octanol–water partition coefficient (Wildman–Crippen LogP) is 4.36. The zero-order valence-electron chi connectivity index (χ0n) is 17.8. The molecule has 0 bridgehead atoms. The molecule has 0 spiro atoms. The van der Waals surface area contributed by atoms with Gasteiger partial charge in [-0.1, -0.05) is 24.3 Å². The van der Waals surface area contributed by atoms with Gasteiger partial charge in [-0.2, -0.15) is 5.26 Å². The summed E-state index contributed by atoms with van der Waals surface area (Å²) in [6.07, 6.45) is 1.39. The molecule has 0 aliphatic heterocycles. The first-order valence-corrected chi connectivity index (χ1v) is 9.94. The van der Waals surface area contributed by atoms with Gasteiger partial charge in [-0.25, -0.2) is 4.79 Å². The number of amides is 1. The lowest BCUT2D eigenvalue weighted by Gasteiger charge is -2.05. The zero-order valence-corrected chi connectivity index (χ0v) is 17.8. The van der Waals surface area contributed by atoms with Gasteiger partial charge >= 0.3 is 5.97 Å². The summed E-state index contributed by atoms with van der Waals surface area (Å²) in [4.78, 5) is 24.2. The van der Waals surface area contributed by atoms with Gasteiger partial charge in [-0.05, 0) is 48.9 Å². The predicted molar refractivity (Wildman–Crippen MR) is 119 cm³/mol. The third kappa shape index (κ3) is 5.64. The van der Waals surface area contributed by atoms with Crippen molar-refractivity contribution in [1.29, 1.82) is 5.26 Å². The molecule has 1 N–H and O–H groups in total. The normalized spacial score (nSPS) is 10.8. The molecule has 0 aliphatic carbocycles. The van der Waals surface area contributed by atoms with Gasteiger partial charge in [0, 0.05) is 18.2 Å². The van der Waals surface area contributed by atoms with Crippen molar-refractivity contribution in [3.63, 3.8) is 0 Å². The molecule has 1 aromatic heterocycles. The first kappa shape index (κ1) is 22.4. The molecule has 162 valence electrons. The number of hydrogen-bond donors (Lipinski definition) is 1. The number of hydrogen-bond acceptors (Lipinski definition) is 6. The Kier molecular flexibility index (Phi) is 7.44. The van der Waals surface area contributed by atoms with Crippen molar-refractivity contribution in [2.45, 2.75) is 13.5 Å². The largest absolute Gasteiger partial charge is 0.497 e. The van der Waals surface area contributed by atoms with Crippen LogP contribution in [-0.2, 0) is 16.1 Å². The molecule has 7 nitrogen and oxygen atoms in total. The van der Waals surface area contributed by atoms with Crippen molar-refractivity contribution in [3.05, 3.63) is 83.1 Å². The molecule has 0 aliphatic rings. The average Bonchev–Trinajstić information content (AvgIpc) is 3.30. The highest BCUT2D eigenvalue weighted by molar-refractivity contribution is 6.01. The van der Waals surface area contributed by atoms with E-state index in [9.17, 15) is 14.9 Å². The van der Waals surface area contributed by atoms with Crippen molar-refractivity contribution in [1.82, 2.24) is 5.32 Å². The Morgan fingerprint density at radius 3 is 2.41 bits per heavy atom. The summed E-state index contributed by atoms with van der Waals surface area (Å²) in [5.41, 5.74) is 2.00. The van der Waals surface area contributed by atoms with Gasteiger partial charge in [0.25, 0.3) is 5.91 Å². The first-order valence-electron chi connectivity index (χ1n) is 9.94. The number of nitriles is 1. The number of carbonyl (C=O) groups excluding carboxylic acids is 2. The Balaban J connectivity index is 1.66. The Hall–Kier alpha value is -4.31. The summed E-state index contributed by atoms with van der Waals surface area (Å²) in [5, 5.41) is 12.1. The molecule has 2 aromatic carbocycles. The second kappa shape index (κ2) is 10.6. The SMILES string of the molecule is CCOC(=O)c1ccc(-c2ccc(/C=C(/C#N)C(=O)NCc3ccc(OC)cc3)o2)cc1. The van der Waals surface area contributed by atoms with Gasteiger partial charge in [-0.15, -0.1) is 0 Å². The van der Waals surface area contributed by atoms with Crippen LogP contribution in [0.5, 0.6) is 5.75 Å². The van der Waals surface area contributed by atoms with Crippen molar-refractivity contribution in [2.75, 3.05) is 13.7 Å². The number of benzene rings is 2. The summed E-state index contributed by atoms with van der Waals surface area (Å²) in [5.74, 6) is 0.747. The monoisotopic (exact) mass is 430 g/mol. The second-order valence-corrected chi connectivity index (χ2v) is 6.70. The van der Waals surface area contributed by atoms with E-state index in [1.54, 1.807) is 62.6 Å². The van der Waals surface area contributed by atoms with E-state index in [-0.39, 0.29) is 18.1 Å². The van der Waals surface area contributed by atoms with Crippen molar-refractivity contribution < 1.29 is 23.5 Å². The summed E-state index contributed by atoms with van der Waals surface area (Å²) >= 11 is 0. The van der Waals surface area contributed by atoms with Crippen molar-refractivity contribution in [2.24, 2.45) is 0 Å². The van der Waals surface area contributed by atoms with Crippen LogP contribution in [0.25, 0.3) is 17.4 Å². The van der Waals surface area contributed by atoms with Crippen LogP contribution in [0, 0.1) is 11.3 Å². The second-order valence-electron chi connectivity index (χ2n) is 6.70. The number of nitrogens with one attached hydrogen (secondary N) is 1. The summed E-state index contributed by atoms with van der Waals surface area (Å²) in [6, 6.07) is 19.4. The zero-order chi connectivity index (χ0) is 22.9. The molecule has 0 saturated carbocycles. The highest BCUT2D eigenvalue weighted by Gasteiger charge is 2.12. The van der Waals surface area contributed by atoms with Gasteiger partial charge in [0.1, 0.15) is 28.9 Å². The molecule has 3 aromatic rings. The lowest BCUT2D eigenvalue weighted by molar-refractivity contribution is -0.117. The molecule has 1 amide bonds. The van der Waals surface area contributed by atoms with Crippen molar-refractivity contribution >= 4 is 18.0 Å². The van der Waals surface area contributed by atoms with Crippen LogP contribution in [0.2, 0.25) is 0 Å². The van der Waals surface area contributed by atoms with Gasteiger partial charge in [0.2, 0.25) is 0 Å². The number of nitrogens with zero attached hydrogens (tertiary/aromatic N) is 1. The van der Waals surface area contributed by atoms with Gasteiger partial charge in [0.05, 0.1) is 19.3 Å². The molecule has 1 heterocycles. The molecular formula is C25H22N2O5. The number of methoxy groups -OCH3 is 1. The van der Waals surface area contributed by atoms with Gasteiger partial charge in [0.15, 0.2) is 0 Å². The standard InChI is InChI=1S/C25H22N2O5/c1-3-31-25(29)19-8-6-18(7-9-19)23-13-12-22(32-23)14-20(15-26)24(28)27-16-17-4-10-21(30-2)11-5-17/h4-14H,3,16H2,1-2H3,(H,27,28)/b20-14-. The van der Waals surface area contributed by atoms with E-state index in [4.69, 9.17) is 13.9 Å². The smallest absolute Gasteiger partial charge is 0.338 e. The summed E-state index contributed by atoms with van der Waals surface area (Å²) in [7, 11) is 1.58. The fourth-order valence-corrected chi connectivity index (χ4v) is 2.88. The molecule has 0 unspecified atom stereocenters. The van der Waals surface area contributed by atoms with E-state index < -0.39 is 5.91 Å². The van der Waals surface area contributed by atoms with Crippen molar-refractivity contribution in [3.8, 4) is 23.1 Å². The number of furan rings is 1. The van der Waals surface area contributed by atoms with Crippen LogP contribution in [0.3, 0.4) is 0 Å². The maximum Gasteiger partial charge on any atom is 0.338 e. The van der Waals surface area contributed by atoms with Gasteiger partial charge < -0.3 is 19.2 Å². The Morgan fingerprint density at radius 1 is 1.06 bits per heavy atom. The number of esters is 1. The number of ether oxygens (including phenoxy) is 2. The van der Waals surface area contributed by atoms with Crippen LogP contribution in [-0.4, -0.2) is 25.6 Å². The minimum Gasteiger partial charge on any atom is -0.497 e. The van der Waals surface area contributed by atoms with Crippen LogP contribution >= 0.6 is 0 Å². The highest BCUT2D eigenvalue weighted by atomic mass is 16.5. The highest BCUT2D eigenvalue weighted by Crippen LogP contribution is 2.24. The lowest BCUT2D eigenvalue weighted by Crippen LogP contribution is -2.23. The molecule has 7 heteroatoms. The molecule has 0 fully saturated rings. The minimum atomic E-state index is -0.500. The molecule has 3 rings (SSSR count). The topological polar surface area (TPSA) is 102 Å². The third-order valence-corrected chi connectivity index (χ3v) is 4.57. The van der Waals surface area contributed by atoms with E-state index in [0.29, 0.717) is 23.7 Å². The van der Waals surface area contributed by atoms with Crippen LogP contribution in [0.15, 0.2) is 70.7 Å². The van der Waals surface area contributed by atoms with Crippen LogP contribution in [0.4, 0.5) is 0 Å².